The van der Waals surface area contributed by atoms with E-state index in [1.807, 2.05) is 39.9 Å². The molecule has 0 saturated carbocycles. The van der Waals surface area contributed by atoms with Gasteiger partial charge in [0.05, 0.1) is 28.1 Å². The maximum absolute atomic E-state index is 13.6. The van der Waals surface area contributed by atoms with Crippen molar-refractivity contribution in [2.75, 3.05) is 44.2 Å². The summed E-state index contributed by atoms with van der Waals surface area (Å²) < 4.78 is 1.94. The van der Waals surface area contributed by atoms with Crippen LogP contribution in [0, 0.1) is 10.1 Å². The molecular weight excluding hydrogens is 468 g/mol. The van der Waals surface area contributed by atoms with Gasteiger partial charge in [0.15, 0.2) is 0 Å². The molecule has 2 aliphatic heterocycles. The number of amides is 1. The number of non-ortho nitro benzene ring substituents is 1. The van der Waals surface area contributed by atoms with Crippen molar-refractivity contribution in [2.45, 2.75) is 18.8 Å². The number of carbonyl (C=O) groups is 1. The SMILES string of the molecule is Cl.O=C(c1cnn(-c2ccccc2)c1C1CCNCC1)N1CCN(c2ccc([N+](=O)[O-])cc2)CC1. The van der Waals surface area contributed by atoms with E-state index in [-0.39, 0.29) is 29.9 Å². The molecule has 3 aromatic rings. The van der Waals surface area contributed by atoms with Crippen LogP contribution in [-0.4, -0.2) is 64.8 Å². The van der Waals surface area contributed by atoms with Crippen LogP contribution in [0.5, 0.6) is 0 Å². The number of nitrogens with one attached hydrogen (secondary N) is 1. The molecule has 0 radical (unpaired) electrons. The molecule has 184 valence electrons. The van der Waals surface area contributed by atoms with Crippen molar-refractivity contribution in [2.24, 2.45) is 0 Å². The van der Waals surface area contributed by atoms with Gasteiger partial charge >= 0.3 is 0 Å². The van der Waals surface area contributed by atoms with Gasteiger partial charge in [0.2, 0.25) is 0 Å². The summed E-state index contributed by atoms with van der Waals surface area (Å²) in [6.45, 7) is 4.42. The van der Waals surface area contributed by atoms with Crippen LogP contribution in [0.15, 0.2) is 60.8 Å². The maximum atomic E-state index is 13.6. The monoisotopic (exact) mass is 496 g/mol. The average molecular weight is 497 g/mol. The third kappa shape index (κ3) is 5.16. The lowest BCUT2D eigenvalue weighted by Crippen LogP contribution is -2.49. The number of benzene rings is 2. The Morgan fingerprint density at radius 2 is 1.60 bits per heavy atom. The van der Waals surface area contributed by atoms with E-state index in [0.29, 0.717) is 31.7 Å². The van der Waals surface area contributed by atoms with E-state index in [2.05, 4.69) is 15.3 Å². The molecule has 2 saturated heterocycles. The number of carbonyl (C=O) groups excluding carboxylic acids is 1. The summed E-state index contributed by atoms with van der Waals surface area (Å²) in [5, 5.41) is 19.0. The average Bonchev–Trinajstić information content (AvgIpc) is 3.35. The van der Waals surface area contributed by atoms with Crippen LogP contribution in [0.25, 0.3) is 5.69 Å². The Labute approximate surface area is 210 Å². The molecule has 1 N–H and O–H groups in total. The van der Waals surface area contributed by atoms with Gasteiger partial charge in [-0.3, -0.25) is 14.9 Å². The van der Waals surface area contributed by atoms with Gasteiger partial charge in [-0.05, 0) is 50.2 Å². The maximum Gasteiger partial charge on any atom is 0.269 e. The quantitative estimate of drug-likeness (QED) is 0.428. The summed E-state index contributed by atoms with van der Waals surface area (Å²) in [6, 6.07) is 16.6. The van der Waals surface area contributed by atoms with Crippen molar-refractivity contribution in [1.29, 1.82) is 0 Å². The minimum atomic E-state index is -0.393. The second kappa shape index (κ2) is 10.9. The molecule has 3 heterocycles. The lowest BCUT2D eigenvalue weighted by Gasteiger charge is -2.36. The summed E-state index contributed by atoms with van der Waals surface area (Å²) >= 11 is 0. The summed E-state index contributed by atoms with van der Waals surface area (Å²) in [7, 11) is 0. The van der Waals surface area contributed by atoms with Gasteiger partial charge in [-0.2, -0.15) is 5.10 Å². The van der Waals surface area contributed by atoms with Gasteiger partial charge in [-0.1, -0.05) is 18.2 Å². The fourth-order valence-electron chi connectivity index (χ4n) is 4.91. The largest absolute Gasteiger partial charge is 0.368 e. The van der Waals surface area contributed by atoms with E-state index < -0.39 is 4.92 Å². The van der Waals surface area contributed by atoms with Crippen LogP contribution in [0.2, 0.25) is 0 Å². The number of anilines is 1. The second-order valence-corrected chi connectivity index (χ2v) is 8.77. The highest BCUT2D eigenvalue weighted by atomic mass is 35.5. The van der Waals surface area contributed by atoms with Crippen molar-refractivity contribution in [1.82, 2.24) is 20.0 Å². The van der Waals surface area contributed by atoms with Crippen LogP contribution < -0.4 is 10.2 Å². The molecule has 0 bridgehead atoms. The first kappa shape index (κ1) is 24.7. The number of nitro benzene ring substituents is 1. The van der Waals surface area contributed by atoms with Crippen molar-refractivity contribution in [3.63, 3.8) is 0 Å². The Morgan fingerprint density at radius 3 is 2.23 bits per heavy atom. The Morgan fingerprint density at radius 1 is 0.943 bits per heavy atom. The molecule has 0 spiro atoms. The van der Waals surface area contributed by atoms with Crippen molar-refractivity contribution in [3.05, 3.63) is 82.2 Å². The van der Waals surface area contributed by atoms with Gasteiger partial charge < -0.3 is 15.1 Å². The third-order valence-electron chi connectivity index (χ3n) is 6.76. The summed E-state index contributed by atoms with van der Waals surface area (Å²) in [5.41, 5.74) is 3.69. The van der Waals surface area contributed by atoms with Gasteiger partial charge in [-0.25, -0.2) is 4.68 Å². The van der Waals surface area contributed by atoms with Crippen molar-refractivity contribution < 1.29 is 9.72 Å². The third-order valence-corrected chi connectivity index (χ3v) is 6.76. The summed E-state index contributed by atoms with van der Waals surface area (Å²) in [5.74, 6) is 0.309. The number of nitrogens with zero attached hydrogens (tertiary/aromatic N) is 5. The molecule has 0 atom stereocenters. The molecule has 2 fully saturated rings. The number of nitro groups is 1. The predicted molar refractivity (Wildman–Crippen MR) is 137 cm³/mol. The standard InChI is InChI=1S/C25H28N6O3.ClH/c32-25(29-16-14-28(15-17-29)20-6-8-22(9-7-20)31(33)34)23-18-27-30(21-4-2-1-3-5-21)24(23)19-10-12-26-13-11-19;/h1-9,18-19,26H,10-17H2;1H. The Bertz CT molecular complexity index is 1150. The molecule has 1 aromatic heterocycles. The Balaban J connectivity index is 0.00000289. The molecule has 10 heteroatoms. The second-order valence-electron chi connectivity index (χ2n) is 8.77. The smallest absolute Gasteiger partial charge is 0.269 e. The predicted octanol–water partition coefficient (Wildman–Crippen LogP) is 3.63. The highest BCUT2D eigenvalue weighted by Crippen LogP contribution is 2.31. The van der Waals surface area contributed by atoms with Crippen LogP contribution in [-0.2, 0) is 0 Å². The number of rotatable bonds is 5. The van der Waals surface area contributed by atoms with Crippen LogP contribution in [0.4, 0.5) is 11.4 Å². The lowest BCUT2D eigenvalue weighted by atomic mass is 9.91. The molecule has 0 aliphatic carbocycles. The summed E-state index contributed by atoms with van der Waals surface area (Å²) in [4.78, 5) is 28.2. The molecule has 9 nitrogen and oxygen atoms in total. The van der Waals surface area contributed by atoms with E-state index in [0.717, 1.165) is 43.0 Å². The highest BCUT2D eigenvalue weighted by molar-refractivity contribution is 5.95. The first-order valence-corrected chi connectivity index (χ1v) is 11.7. The molecule has 35 heavy (non-hydrogen) atoms. The fraction of sp³-hybridized carbons (Fsp3) is 0.360. The van der Waals surface area contributed by atoms with Crippen LogP contribution in [0.1, 0.15) is 34.8 Å². The van der Waals surface area contributed by atoms with Gasteiger partial charge in [0.25, 0.3) is 11.6 Å². The van der Waals surface area contributed by atoms with Crippen molar-refractivity contribution >= 4 is 29.7 Å². The Kier molecular flexibility index (Phi) is 7.67. The zero-order chi connectivity index (χ0) is 23.5. The number of halogens is 1. The number of piperidine rings is 1. The molecule has 2 aromatic carbocycles. The van der Waals surface area contributed by atoms with E-state index in [4.69, 9.17) is 0 Å². The number of hydrogen-bond donors (Lipinski definition) is 1. The van der Waals surface area contributed by atoms with Crippen molar-refractivity contribution in [3.8, 4) is 5.69 Å². The van der Waals surface area contributed by atoms with E-state index in [9.17, 15) is 14.9 Å². The Hall–Kier alpha value is -3.43. The highest BCUT2D eigenvalue weighted by Gasteiger charge is 2.30. The molecular formula is C25H29ClN6O3. The molecule has 2 aliphatic rings. The van der Waals surface area contributed by atoms with Gasteiger partial charge in [-0.15, -0.1) is 12.4 Å². The van der Waals surface area contributed by atoms with Gasteiger partial charge in [0.1, 0.15) is 0 Å². The molecule has 1 amide bonds. The first-order valence-electron chi connectivity index (χ1n) is 11.7. The van der Waals surface area contributed by atoms with Crippen LogP contribution >= 0.6 is 12.4 Å². The number of hydrogen-bond acceptors (Lipinski definition) is 6. The number of para-hydroxylation sites is 1. The minimum absolute atomic E-state index is 0. The number of aromatic nitrogens is 2. The summed E-state index contributed by atoms with van der Waals surface area (Å²) in [6.07, 6.45) is 3.69. The minimum Gasteiger partial charge on any atom is -0.368 e. The van der Waals surface area contributed by atoms with E-state index in [1.54, 1.807) is 18.3 Å². The first-order chi connectivity index (χ1) is 16.6. The zero-order valence-corrected chi connectivity index (χ0v) is 20.2. The topological polar surface area (TPSA) is 96.5 Å². The van der Waals surface area contributed by atoms with E-state index >= 15 is 0 Å². The molecule has 0 unspecified atom stereocenters. The normalized spacial score (nSPS) is 16.6. The number of piperazine rings is 1. The van der Waals surface area contributed by atoms with Gasteiger partial charge in [0, 0.05) is 49.9 Å². The lowest BCUT2D eigenvalue weighted by molar-refractivity contribution is -0.384. The fourth-order valence-corrected chi connectivity index (χ4v) is 4.91. The molecule has 5 rings (SSSR count). The zero-order valence-electron chi connectivity index (χ0n) is 19.4. The van der Waals surface area contributed by atoms with E-state index in [1.165, 1.54) is 12.1 Å². The van der Waals surface area contributed by atoms with Crippen LogP contribution in [0.3, 0.4) is 0 Å².